The van der Waals surface area contributed by atoms with Crippen molar-refractivity contribution in [3.8, 4) is 11.3 Å². The molecule has 0 radical (unpaired) electrons. The van der Waals surface area contributed by atoms with E-state index in [1.807, 2.05) is 36.4 Å². The Labute approximate surface area is 171 Å². The van der Waals surface area contributed by atoms with Crippen molar-refractivity contribution < 1.29 is 4.42 Å². The highest BCUT2D eigenvalue weighted by atomic mass is 79.9. The van der Waals surface area contributed by atoms with Gasteiger partial charge in [-0.05, 0) is 80.5 Å². The zero-order chi connectivity index (χ0) is 17.8. The molecule has 3 aromatic rings. The summed E-state index contributed by atoms with van der Waals surface area (Å²) in [5, 5.41) is 7.15. The minimum atomic E-state index is 0.418. The van der Waals surface area contributed by atoms with E-state index in [2.05, 4.69) is 52.5 Å². The summed E-state index contributed by atoms with van der Waals surface area (Å²) < 4.78 is 7.01. The minimum absolute atomic E-state index is 0.418. The van der Waals surface area contributed by atoms with Gasteiger partial charge in [-0.15, -0.1) is 0 Å². The lowest BCUT2D eigenvalue weighted by molar-refractivity contribution is 0.516. The summed E-state index contributed by atoms with van der Waals surface area (Å²) >= 11 is 17.7. The fourth-order valence-corrected chi connectivity index (χ4v) is 3.20. The lowest BCUT2D eigenvalue weighted by atomic mass is 10.2. The molecule has 0 bridgehead atoms. The summed E-state index contributed by atoms with van der Waals surface area (Å²) in [4.78, 5) is 8.38. The van der Waals surface area contributed by atoms with Crippen LogP contribution >= 0.6 is 55.7 Å². The van der Waals surface area contributed by atoms with E-state index in [0.717, 1.165) is 17.1 Å². The molecule has 9 heteroatoms. The Kier molecular flexibility index (Phi) is 6.06. The maximum absolute atomic E-state index is 5.90. The van der Waals surface area contributed by atoms with Gasteiger partial charge in [0.25, 0.3) is 0 Å². The molecule has 0 saturated heterocycles. The molecule has 1 aromatic carbocycles. The van der Waals surface area contributed by atoms with Crippen molar-refractivity contribution >= 4 is 66.6 Å². The summed E-state index contributed by atoms with van der Waals surface area (Å²) in [6, 6.07) is 11.3. The number of hydrogen-bond donors (Lipinski definition) is 2. The van der Waals surface area contributed by atoms with Crippen LogP contribution < -0.4 is 10.6 Å². The molecule has 0 aliphatic carbocycles. The zero-order valence-corrected chi connectivity index (χ0v) is 17.3. The summed E-state index contributed by atoms with van der Waals surface area (Å²) in [5.74, 6) is 2.06. The van der Waals surface area contributed by atoms with Crippen LogP contribution in [0.15, 0.2) is 56.2 Å². The zero-order valence-electron chi connectivity index (χ0n) is 12.6. The van der Waals surface area contributed by atoms with E-state index in [0.29, 0.717) is 31.7 Å². The predicted molar refractivity (Wildman–Crippen MR) is 110 cm³/mol. The second kappa shape index (κ2) is 8.27. The average Bonchev–Trinajstić information content (AvgIpc) is 3.05. The molecule has 2 heterocycles. The largest absolute Gasteiger partial charge is 0.459 e. The van der Waals surface area contributed by atoms with Crippen LogP contribution in [0.5, 0.6) is 0 Å². The number of benzene rings is 1. The first-order valence-electron chi connectivity index (χ1n) is 7.09. The molecule has 3 rings (SSSR count). The average molecular weight is 503 g/mol. The summed E-state index contributed by atoms with van der Waals surface area (Å²) in [5.41, 5.74) is 0.963. The number of aromatic nitrogens is 2. The number of anilines is 1. The van der Waals surface area contributed by atoms with Crippen LogP contribution in [0.3, 0.4) is 0 Å². The third kappa shape index (κ3) is 5.01. The van der Waals surface area contributed by atoms with E-state index in [1.165, 1.54) is 0 Å². The van der Waals surface area contributed by atoms with Gasteiger partial charge in [-0.2, -0.15) is 0 Å². The van der Waals surface area contributed by atoms with Gasteiger partial charge in [0.05, 0.1) is 12.7 Å². The molecule has 128 valence electrons. The van der Waals surface area contributed by atoms with Gasteiger partial charge >= 0.3 is 0 Å². The molecule has 0 atom stereocenters. The molecule has 0 fully saturated rings. The van der Waals surface area contributed by atoms with Gasteiger partial charge in [-0.25, -0.2) is 9.97 Å². The summed E-state index contributed by atoms with van der Waals surface area (Å²) in [7, 11) is 0. The van der Waals surface area contributed by atoms with Crippen LogP contribution in [-0.4, -0.2) is 15.1 Å². The second-order valence-electron chi connectivity index (χ2n) is 4.91. The standard InChI is InChI=1S/C16H11Br2ClN4OS/c17-13-8-20-15(14(18)22-13)23-16(25)21-7-11-5-6-12(24-11)9-1-3-10(19)4-2-9/h1-6,8H,7H2,(H2,20,21,23,25). The molecule has 0 saturated carbocycles. The lowest BCUT2D eigenvalue weighted by Gasteiger charge is -2.09. The van der Waals surface area contributed by atoms with Crippen molar-refractivity contribution in [2.45, 2.75) is 6.54 Å². The van der Waals surface area contributed by atoms with Crippen molar-refractivity contribution in [2.75, 3.05) is 5.32 Å². The molecule has 2 aromatic heterocycles. The first-order valence-corrected chi connectivity index (χ1v) is 9.46. The predicted octanol–water partition coefficient (Wildman–Crippen LogP) is 5.40. The third-order valence-corrected chi connectivity index (χ3v) is 4.58. The number of nitrogens with zero attached hydrogens (tertiary/aromatic N) is 2. The lowest BCUT2D eigenvalue weighted by Crippen LogP contribution is -2.28. The van der Waals surface area contributed by atoms with Crippen LogP contribution in [-0.2, 0) is 6.54 Å². The van der Waals surface area contributed by atoms with Crippen molar-refractivity contribution in [2.24, 2.45) is 0 Å². The Bertz CT molecular complexity index is 901. The molecule has 0 amide bonds. The number of furan rings is 1. The highest BCUT2D eigenvalue weighted by molar-refractivity contribution is 9.11. The van der Waals surface area contributed by atoms with E-state index in [1.54, 1.807) is 6.20 Å². The van der Waals surface area contributed by atoms with E-state index in [-0.39, 0.29) is 0 Å². The fourth-order valence-electron chi connectivity index (χ4n) is 1.99. The maximum Gasteiger partial charge on any atom is 0.172 e. The molecule has 0 unspecified atom stereocenters. The molecule has 0 aliphatic rings. The SMILES string of the molecule is S=C(NCc1ccc(-c2ccc(Cl)cc2)o1)Nc1ncc(Br)nc1Br. The number of nitrogens with one attached hydrogen (secondary N) is 2. The van der Waals surface area contributed by atoms with Gasteiger partial charge in [0.1, 0.15) is 20.7 Å². The van der Waals surface area contributed by atoms with Crippen LogP contribution in [0.2, 0.25) is 5.02 Å². The van der Waals surface area contributed by atoms with E-state index < -0.39 is 0 Å². The Morgan fingerprint density at radius 2 is 1.92 bits per heavy atom. The molecule has 2 N–H and O–H groups in total. The van der Waals surface area contributed by atoms with Gasteiger partial charge in [0.2, 0.25) is 0 Å². The van der Waals surface area contributed by atoms with Crippen LogP contribution in [0.4, 0.5) is 5.82 Å². The molecular formula is C16H11Br2ClN4OS. The van der Waals surface area contributed by atoms with Gasteiger partial charge in [-0.3, -0.25) is 0 Å². The highest BCUT2D eigenvalue weighted by Crippen LogP contribution is 2.24. The fraction of sp³-hybridized carbons (Fsp3) is 0.0625. The van der Waals surface area contributed by atoms with Crippen molar-refractivity contribution in [3.63, 3.8) is 0 Å². The van der Waals surface area contributed by atoms with Gasteiger partial charge in [-0.1, -0.05) is 11.6 Å². The molecule has 5 nitrogen and oxygen atoms in total. The Balaban J connectivity index is 1.58. The topological polar surface area (TPSA) is 63.0 Å². The molecule has 0 spiro atoms. The van der Waals surface area contributed by atoms with Gasteiger partial charge < -0.3 is 15.1 Å². The second-order valence-corrected chi connectivity index (χ2v) is 7.32. The highest BCUT2D eigenvalue weighted by Gasteiger charge is 2.08. The quantitative estimate of drug-likeness (QED) is 0.466. The maximum atomic E-state index is 5.90. The normalized spacial score (nSPS) is 10.5. The van der Waals surface area contributed by atoms with E-state index >= 15 is 0 Å². The monoisotopic (exact) mass is 500 g/mol. The smallest absolute Gasteiger partial charge is 0.172 e. The van der Waals surface area contributed by atoms with Gasteiger partial charge in [0, 0.05) is 10.6 Å². The number of halogens is 3. The number of thiocarbonyl (C=S) groups is 1. The summed E-state index contributed by atoms with van der Waals surface area (Å²) in [6.07, 6.45) is 1.58. The van der Waals surface area contributed by atoms with Crippen LogP contribution in [0.25, 0.3) is 11.3 Å². The first kappa shape index (κ1) is 18.3. The Morgan fingerprint density at radius 3 is 2.64 bits per heavy atom. The molecule has 0 aliphatic heterocycles. The first-order chi connectivity index (χ1) is 12.0. The van der Waals surface area contributed by atoms with Crippen molar-refractivity contribution in [1.29, 1.82) is 0 Å². The molecular weight excluding hydrogens is 492 g/mol. The van der Waals surface area contributed by atoms with E-state index in [4.69, 9.17) is 28.2 Å². The third-order valence-electron chi connectivity index (χ3n) is 3.15. The van der Waals surface area contributed by atoms with Crippen LogP contribution in [0.1, 0.15) is 5.76 Å². The van der Waals surface area contributed by atoms with E-state index in [9.17, 15) is 0 Å². The summed E-state index contributed by atoms with van der Waals surface area (Å²) in [6.45, 7) is 0.445. The van der Waals surface area contributed by atoms with Gasteiger partial charge in [0.15, 0.2) is 10.9 Å². The Morgan fingerprint density at radius 1 is 1.16 bits per heavy atom. The van der Waals surface area contributed by atoms with Crippen molar-refractivity contribution in [3.05, 3.63) is 62.6 Å². The van der Waals surface area contributed by atoms with Crippen LogP contribution in [0, 0.1) is 0 Å². The molecule has 25 heavy (non-hydrogen) atoms. The number of hydrogen-bond acceptors (Lipinski definition) is 4. The minimum Gasteiger partial charge on any atom is -0.459 e. The van der Waals surface area contributed by atoms with Crippen molar-refractivity contribution in [1.82, 2.24) is 15.3 Å². The number of rotatable bonds is 4. The Hall–Kier alpha value is -1.48.